The third-order valence-electron chi connectivity index (χ3n) is 6.14. The van der Waals surface area contributed by atoms with Gasteiger partial charge in [-0.3, -0.25) is 14.6 Å². The van der Waals surface area contributed by atoms with Crippen molar-refractivity contribution in [3.63, 3.8) is 0 Å². The van der Waals surface area contributed by atoms with E-state index in [1.807, 2.05) is 12.1 Å². The molecular formula is C25H32FN5O2. The highest BCUT2D eigenvalue weighted by atomic mass is 19.1. The maximum absolute atomic E-state index is 13.8. The molecule has 7 nitrogen and oxygen atoms in total. The van der Waals surface area contributed by atoms with E-state index in [0.717, 1.165) is 24.2 Å². The Hall–Kier alpha value is -3.26. The van der Waals surface area contributed by atoms with Gasteiger partial charge < -0.3 is 21.7 Å². The summed E-state index contributed by atoms with van der Waals surface area (Å²) < 4.78 is 13.8. The van der Waals surface area contributed by atoms with Crippen molar-refractivity contribution >= 4 is 17.6 Å². The highest BCUT2D eigenvalue weighted by Crippen LogP contribution is 2.37. The lowest BCUT2D eigenvalue weighted by molar-refractivity contribution is -0.138. The molecule has 0 fully saturated rings. The van der Waals surface area contributed by atoms with E-state index in [2.05, 4.69) is 35.2 Å². The fourth-order valence-corrected chi connectivity index (χ4v) is 4.14. The van der Waals surface area contributed by atoms with Gasteiger partial charge in [0, 0.05) is 25.4 Å². The van der Waals surface area contributed by atoms with E-state index >= 15 is 0 Å². The van der Waals surface area contributed by atoms with Crippen LogP contribution in [-0.2, 0) is 29.0 Å². The number of Topliss-reactive ketones (excluding diaryl/α,β-unsaturated/α-hetero) is 1. The maximum Gasteiger partial charge on any atom is 0.288 e. The van der Waals surface area contributed by atoms with E-state index in [4.69, 9.17) is 11.5 Å². The van der Waals surface area contributed by atoms with Crippen molar-refractivity contribution in [1.82, 2.24) is 10.2 Å². The Balaban J connectivity index is 1.77. The number of guanidine groups is 1. The molecule has 0 radical (unpaired) electrons. The summed E-state index contributed by atoms with van der Waals surface area (Å²) in [4.78, 5) is 31.7. The van der Waals surface area contributed by atoms with E-state index < -0.39 is 17.5 Å². The average Bonchev–Trinajstić information content (AvgIpc) is 3.11. The van der Waals surface area contributed by atoms with E-state index in [-0.39, 0.29) is 24.3 Å². The Morgan fingerprint density at radius 1 is 1.18 bits per heavy atom. The molecule has 0 saturated heterocycles. The van der Waals surface area contributed by atoms with Crippen LogP contribution in [0.1, 0.15) is 40.8 Å². The summed E-state index contributed by atoms with van der Waals surface area (Å²) in [6.07, 6.45) is 0.529. The number of nitrogens with one attached hydrogen (secondary N) is 1. The first kappa shape index (κ1) is 24.4. The van der Waals surface area contributed by atoms with Crippen LogP contribution in [0.5, 0.6) is 0 Å². The highest BCUT2D eigenvalue weighted by Gasteiger charge is 2.34. The maximum atomic E-state index is 13.8. The van der Waals surface area contributed by atoms with E-state index in [9.17, 15) is 14.0 Å². The number of hydrogen-bond donors (Lipinski definition) is 3. The first-order chi connectivity index (χ1) is 15.7. The van der Waals surface area contributed by atoms with Crippen molar-refractivity contribution in [2.24, 2.45) is 22.4 Å². The molecule has 2 aromatic carbocycles. The number of nitrogens with two attached hydrogens (primary N) is 2. The summed E-state index contributed by atoms with van der Waals surface area (Å²) in [6.45, 7) is 5.85. The summed E-state index contributed by atoms with van der Waals surface area (Å²) >= 11 is 0. The number of halogens is 1. The minimum absolute atomic E-state index is 0.0150. The van der Waals surface area contributed by atoms with Crippen LogP contribution in [0.15, 0.2) is 41.4 Å². The Bertz CT molecular complexity index is 1060. The van der Waals surface area contributed by atoms with Crippen molar-refractivity contribution in [2.45, 2.75) is 39.3 Å². The zero-order valence-corrected chi connectivity index (χ0v) is 19.4. The van der Waals surface area contributed by atoms with Gasteiger partial charge in [0.1, 0.15) is 5.82 Å². The number of fused-ring (bicyclic) bond motifs is 1. The van der Waals surface area contributed by atoms with E-state index in [1.165, 1.54) is 11.6 Å². The van der Waals surface area contributed by atoms with Crippen LogP contribution in [0.3, 0.4) is 0 Å². The molecule has 176 valence electrons. The van der Waals surface area contributed by atoms with Crippen LogP contribution in [0.2, 0.25) is 0 Å². The molecule has 0 aromatic heterocycles. The largest absolute Gasteiger partial charge is 0.370 e. The fourth-order valence-electron chi connectivity index (χ4n) is 4.14. The number of amides is 1. The van der Waals surface area contributed by atoms with Gasteiger partial charge in [-0.2, -0.15) is 0 Å². The van der Waals surface area contributed by atoms with Crippen molar-refractivity contribution in [3.8, 4) is 0 Å². The number of rotatable bonds is 9. The summed E-state index contributed by atoms with van der Waals surface area (Å²) in [5.74, 6) is -1.80. The smallest absolute Gasteiger partial charge is 0.288 e. The number of nitrogens with zero attached hydrogens (tertiary/aromatic N) is 2. The van der Waals surface area contributed by atoms with Crippen LogP contribution in [-0.4, -0.2) is 42.7 Å². The van der Waals surface area contributed by atoms with Crippen LogP contribution >= 0.6 is 0 Å². The number of hydrogen-bond acceptors (Lipinski definition) is 4. The fraction of sp³-hybridized carbons (Fsp3) is 0.400. The molecule has 0 saturated carbocycles. The minimum Gasteiger partial charge on any atom is -0.370 e. The third-order valence-corrected chi connectivity index (χ3v) is 6.14. The summed E-state index contributed by atoms with van der Waals surface area (Å²) in [6, 6.07) is 10.4. The van der Waals surface area contributed by atoms with Crippen molar-refractivity contribution < 1.29 is 14.0 Å². The molecule has 0 aliphatic heterocycles. The number of ketones is 1. The van der Waals surface area contributed by atoms with Gasteiger partial charge in [-0.15, -0.1) is 0 Å². The molecule has 1 amide bonds. The molecule has 3 rings (SSSR count). The number of benzene rings is 2. The van der Waals surface area contributed by atoms with Gasteiger partial charge >= 0.3 is 0 Å². The van der Waals surface area contributed by atoms with Crippen LogP contribution in [0.4, 0.5) is 4.39 Å². The van der Waals surface area contributed by atoms with Gasteiger partial charge in [0.2, 0.25) is 5.78 Å². The second-order valence-electron chi connectivity index (χ2n) is 8.73. The molecule has 0 unspecified atom stereocenters. The first-order valence-corrected chi connectivity index (χ1v) is 11.1. The van der Waals surface area contributed by atoms with Gasteiger partial charge in [0.25, 0.3) is 5.91 Å². The summed E-state index contributed by atoms with van der Waals surface area (Å²) in [5, 5.41) is 2.88. The van der Waals surface area contributed by atoms with Gasteiger partial charge in [-0.05, 0) is 60.8 Å². The highest BCUT2D eigenvalue weighted by molar-refractivity contribution is 6.36. The second kappa shape index (κ2) is 10.6. The number of carbonyl (C=O) groups excluding carboxylic acids is 2. The molecule has 1 aliphatic rings. The number of aryl methyl sites for hydroxylation is 1. The quantitative estimate of drug-likeness (QED) is 0.305. The molecule has 33 heavy (non-hydrogen) atoms. The lowest BCUT2D eigenvalue weighted by Gasteiger charge is -2.21. The van der Waals surface area contributed by atoms with Crippen molar-refractivity contribution in [3.05, 3.63) is 70.0 Å². The molecule has 2 atom stereocenters. The van der Waals surface area contributed by atoms with Crippen LogP contribution in [0, 0.1) is 18.7 Å². The Morgan fingerprint density at radius 2 is 1.91 bits per heavy atom. The van der Waals surface area contributed by atoms with Gasteiger partial charge in [0.05, 0.1) is 6.04 Å². The predicted octanol–water partition coefficient (Wildman–Crippen LogP) is 2.00. The molecule has 0 bridgehead atoms. The Kier molecular flexibility index (Phi) is 7.81. The number of carbonyl (C=O) groups is 2. The topological polar surface area (TPSA) is 114 Å². The SMILES string of the molecule is CCN(C)Cc1ccc2c(c1)C[C@H](CN=C(N)N)[C@H]2NC(=O)C(=O)Cc1ccc(C)c(F)c1. The Labute approximate surface area is 194 Å². The zero-order chi connectivity index (χ0) is 24.1. The standard InChI is InChI=1S/C25H32FN5O2/c1-4-31(3)14-17-7-8-20-18(9-17)12-19(13-29-25(27)28)23(20)30-24(33)22(32)11-16-6-5-15(2)21(26)10-16/h5-10,19,23H,4,11-14H2,1-3H3,(H,30,33)(H4,27,28,29)/t19-,23-/m1/s1. The normalized spacial score (nSPS) is 17.0. The van der Waals surface area contributed by atoms with Crippen molar-refractivity contribution in [1.29, 1.82) is 0 Å². The lowest BCUT2D eigenvalue weighted by Crippen LogP contribution is -2.38. The predicted molar refractivity (Wildman–Crippen MR) is 127 cm³/mol. The molecule has 1 aliphatic carbocycles. The number of aliphatic imine (C=N–C) groups is 1. The zero-order valence-electron chi connectivity index (χ0n) is 19.4. The molecule has 5 N–H and O–H groups in total. The monoisotopic (exact) mass is 453 g/mol. The third kappa shape index (κ3) is 6.16. The van der Waals surface area contributed by atoms with Crippen molar-refractivity contribution in [2.75, 3.05) is 20.1 Å². The van der Waals surface area contributed by atoms with E-state index in [1.54, 1.807) is 19.1 Å². The molecule has 8 heteroatoms. The molecule has 0 spiro atoms. The Morgan fingerprint density at radius 3 is 2.58 bits per heavy atom. The molecule has 2 aromatic rings. The second-order valence-corrected chi connectivity index (χ2v) is 8.73. The van der Waals surface area contributed by atoms with Crippen LogP contribution < -0.4 is 16.8 Å². The van der Waals surface area contributed by atoms with Gasteiger partial charge in [-0.25, -0.2) is 4.39 Å². The summed E-state index contributed by atoms with van der Waals surface area (Å²) in [5.41, 5.74) is 15.3. The summed E-state index contributed by atoms with van der Waals surface area (Å²) in [7, 11) is 2.06. The van der Waals surface area contributed by atoms with Gasteiger partial charge in [0.15, 0.2) is 5.96 Å². The minimum atomic E-state index is -0.696. The van der Waals surface area contributed by atoms with E-state index in [0.29, 0.717) is 24.1 Å². The average molecular weight is 454 g/mol. The van der Waals surface area contributed by atoms with Crippen LogP contribution in [0.25, 0.3) is 0 Å². The first-order valence-electron chi connectivity index (χ1n) is 11.1. The lowest BCUT2D eigenvalue weighted by atomic mass is 9.99. The molecule has 0 heterocycles. The molecular weight excluding hydrogens is 421 g/mol. The van der Waals surface area contributed by atoms with Gasteiger partial charge in [-0.1, -0.05) is 37.3 Å².